The van der Waals surface area contributed by atoms with Crippen molar-refractivity contribution in [2.45, 2.75) is 40.0 Å². The first kappa shape index (κ1) is 11.5. The van der Waals surface area contributed by atoms with E-state index in [1.807, 2.05) is 13.8 Å². The van der Waals surface area contributed by atoms with Crippen molar-refractivity contribution in [1.29, 1.82) is 5.26 Å². The van der Waals surface area contributed by atoms with Gasteiger partial charge < -0.3 is 4.90 Å². The summed E-state index contributed by atoms with van der Waals surface area (Å²) in [5, 5.41) is 8.91. The van der Waals surface area contributed by atoms with Crippen LogP contribution < -0.4 is 0 Å². The number of rotatable bonds is 6. The van der Waals surface area contributed by atoms with Crippen molar-refractivity contribution in [2.75, 3.05) is 19.6 Å². The fourth-order valence-electron chi connectivity index (χ4n) is 1.54. The summed E-state index contributed by atoms with van der Waals surface area (Å²) in [7, 11) is 0. The zero-order chi connectivity index (χ0) is 10.6. The van der Waals surface area contributed by atoms with Crippen molar-refractivity contribution in [1.82, 2.24) is 4.90 Å². The molecule has 2 heteroatoms. The standard InChI is InChI=1S/C12H22N2/c1-4-14(9-11-5-6-11)8-7-12(2,3)10-13/h11H,4-9H2,1-3H3. The van der Waals surface area contributed by atoms with Crippen molar-refractivity contribution in [2.24, 2.45) is 11.3 Å². The van der Waals surface area contributed by atoms with Crippen LogP contribution in [0.15, 0.2) is 0 Å². The first-order chi connectivity index (χ1) is 6.57. The third-order valence-corrected chi connectivity index (χ3v) is 3.02. The summed E-state index contributed by atoms with van der Waals surface area (Å²) in [6.07, 6.45) is 3.82. The summed E-state index contributed by atoms with van der Waals surface area (Å²) in [4.78, 5) is 2.48. The van der Waals surface area contributed by atoms with E-state index >= 15 is 0 Å². The second-order valence-corrected chi connectivity index (χ2v) is 5.08. The van der Waals surface area contributed by atoms with Crippen molar-refractivity contribution >= 4 is 0 Å². The fourth-order valence-corrected chi connectivity index (χ4v) is 1.54. The van der Waals surface area contributed by atoms with Gasteiger partial charge in [0.1, 0.15) is 0 Å². The largest absolute Gasteiger partial charge is 0.303 e. The molecule has 1 fully saturated rings. The Kier molecular flexibility index (Phi) is 3.95. The van der Waals surface area contributed by atoms with Gasteiger partial charge in [-0.05, 0) is 52.1 Å². The molecule has 0 aromatic rings. The molecule has 1 saturated carbocycles. The van der Waals surface area contributed by atoms with Crippen LogP contribution in [-0.2, 0) is 0 Å². The second-order valence-electron chi connectivity index (χ2n) is 5.08. The molecule has 1 aliphatic rings. The van der Waals surface area contributed by atoms with Crippen LogP contribution in [0, 0.1) is 22.7 Å². The van der Waals surface area contributed by atoms with E-state index in [1.165, 1.54) is 19.4 Å². The molecule has 0 spiro atoms. The quantitative estimate of drug-likeness (QED) is 0.650. The van der Waals surface area contributed by atoms with Gasteiger partial charge >= 0.3 is 0 Å². The predicted octanol–water partition coefficient (Wildman–Crippen LogP) is 2.66. The van der Waals surface area contributed by atoms with Crippen molar-refractivity contribution in [3.63, 3.8) is 0 Å². The van der Waals surface area contributed by atoms with Crippen LogP contribution in [0.25, 0.3) is 0 Å². The van der Waals surface area contributed by atoms with Gasteiger partial charge in [-0.15, -0.1) is 0 Å². The highest BCUT2D eigenvalue weighted by molar-refractivity contribution is 4.92. The van der Waals surface area contributed by atoms with Gasteiger partial charge in [-0.25, -0.2) is 0 Å². The minimum absolute atomic E-state index is 0.156. The van der Waals surface area contributed by atoms with Crippen molar-refractivity contribution < 1.29 is 0 Å². The summed E-state index contributed by atoms with van der Waals surface area (Å²) in [5.74, 6) is 0.958. The highest BCUT2D eigenvalue weighted by atomic mass is 15.1. The molecule has 1 aliphatic carbocycles. The summed E-state index contributed by atoms with van der Waals surface area (Å²) in [5.41, 5.74) is -0.156. The Hall–Kier alpha value is -0.550. The Morgan fingerprint density at radius 1 is 1.43 bits per heavy atom. The van der Waals surface area contributed by atoms with Crippen LogP contribution in [-0.4, -0.2) is 24.5 Å². The molecule has 0 aromatic carbocycles. The van der Waals surface area contributed by atoms with Crippen LogP contribution in [0.5, 0.6) is 0 Å². The van der Waals surface area contributed by atoms with E-state index in [0.29, 0.717) is 0 Å². The van der Waals surface area contributed by atoms with Crippen LogP contribution >= 0.6 is 0 Å². The van der Waals surface area contributed by atoms with Crippen LogP contribution in [0.1, 0.15) is 40.0 Å². The minimum atomic E-state index is -0.156. The van der Waals surface area contributed by atoms with E-state index < -0.39 is 0 Å². The number of hydrogen-bond acceptors (Lipinski definition) is 2. The summed E-state index contributed by atoms with van der Waals surface area (Å²) in [6, 6.07) is 2.36. The summed E-state index contributed by atoms with van der Waals surface area (Å²) in [6.45, 7) is 9.71. The summed E-state index contributed by atoms with van der Waals surface area (Å²) >= 11 is 0. The maximum absolute atomic E-state index is 8.91. The lowest BCUT2D eigenvalue weighted by Gasteiger charge is -2.24. The van der Waals surface area contributed by atoms with E-state index in [-0.39, 0.29) is 5.41 Å². The van der Waals surface area contributed by atoms with Crippen LogP contribution in [0.3, 0.4) is 0 Å². The number of hydrogen-bond donors (Lipinski definition) is 0. The lowest BCUT2D eigenvalue weighted by Crippen LogP contribution is -2.29. The van der Waals surface area contributed by atoms with Gasteiger partial charge in [-0.3, -0.25) is 0 Å². The van der Waals surface area contributed by atoms with Gasteiger partial charge in [0.2, 0.25) is 0 Å². The molecule has 0 heterocycles. The molecule has 0 saturated heterocycles. The first-order valence-corrected chi connectivity index (χ1v) is 5.71. The van der Waals surface area contributed by atoms with Gasteiger partial charge in [0.25, 0.3) is 0 Å². The molecule has 80 valence electrons. The molecule has 0 aromatic heterocycles. The fraction of sp³-hybridized carbons (Fsp3) is 0.917. The molecule has 0 amide bonds. The topological polar surface area (TPSA) is 27.0 Å². The third-order valence-electron chi connectivity index (χ3n) is 3.02. The second kappa shape index (κ2) is 4.79. The Morgan fingerprint density at radius 2 is 2.07 bits per heavy atom. The zero-order valence-corrected chi connectivity index (χ0v) is 9.71. The van der Waals surface area contributed by atoms with Crippen molar-refractivity contribution in [3.05, 3.63) is 0 Å². The summed E-state index contributed by atoms with van der Waals surface area (Å²) < 4.78 is 0. The SMILES string of the molecule is CCN(CCC(C)(C)C#N)CC1CC1. The first-order valence-electron chi connectivity index (χ1n) is 5.71. The van der Waals surface area contributed by atoms with Crippen molar-refractivity contribution in [3.8, 4) is 6.07 Å². The molecule has 0 radical (unpaired) electrons. The lowest BCUT2D eigenvalue weighted by molar-refractivity contribution is 0.244. The van der Waals surface area contributed by atoms with Gasteiger partial charge in [0.05, 0.1) is 11.5 Å². The molecule has 0 unspecified atom stereocenters. The van der Waals surface area contributed by atoms with Gasteiger partial charge in [0.15, 0.2) is 0 Å². The molecule has 1 rings (SSSR count). The maximum Gasteiger partial charge on any atom is 0.0684 e. The smallest absolute Gasteiger partial charge is 0.0684 e. The van der Waals surface area contributed by atoms with E-state index in [0.717, 1.165) is 25.4 Å². The van der Waals surface area contributed by atoms with Crippen LogP contribution in [0.2, 0.25) is 0 Å². The predicted molar refractivity (Wildman–Crippen MR) is 58.8 cm³/mol. The Labute approximate surface area is 87.9 Å². The molecule has 0 bridgehead atoms. The third kappa shape index (κ3) is 4.11. The molecule has 2 nitrogen and oxygen atoms in total. The molecule has 14 heavy (non-hydrogen) atoms. The highest BCUT2D eigenvalue weighted by Gasteiger charge is 2.25. The molecule has 0 aliphatic heterocycles. The maximum atomic E-state index is 8.91. The van der Waals surface area contributed by atoms with Gasteiger partial charge in [-0.2, -0.15) is 5.26 Å². The van der Waals surface area contributed by atoms with E-state index in [2.05, 4.69) is 17.9 Å². The zero-order valence-electron chi connectivity index (χ0n) is 9.71. The number of nitrogens with zero attached hydrogens (tertiary/aromatic N) is 2. The normalized spacial score (nSPS) is 17.1. The van der Waals surface area contributed by atoms with Gasteiger partial charge in [-0.1, -0.05) is 6.92 Å². The molecule has 0 N–H and O–H groups in total. The Morgan fingerprint density at radius 3 is 2.50 bits per heavy atom. The number of nitriles is 1. The van der Waals surface area contributed by atoms with E-state index in [1.54, 1.807) is 0 Å². The highest BCUT2D eigenvalue weighted by Crippen LogP contribution is 2.30. The molecule has 0 atom stereocenters. The lowest BCUT2D eigenvalue weighted by atomic mass is 9.91. The van der Waals surface area contributed by atoms with Crippen LogP contribution in [0.4, 0.5) is 0 Å². The molecular weight excluding hydrogens is 172 g/mol. The average molecular weight is 194 g/mol. The Balaban J connectivity index is 2.22. The van der Waals surface area contributed by atoms with E-state index in [9.17, 15) is 0 Å². The minimum Gasteiger partial charge on any atom is -0.303 e. The monoisotopic (exact) mass is 194 g/mol. The Bertz CT molecular complexity index is 211. The average Bonchev–Trinajstić information content (AvgIpc) is 2.96. The van der Waals surface area contributed by atoms with E-state index in [4.69, 9.17) is 5.26 Å². The van der Waals surface area contributed by atoms with Gasteiger partial charge in [0, 0.05) is 6.54 Å². The molecular formula is C12H22N2.